The van der Waals surface area contributed by atoms with Crippen LogP contribution in [0.25, 0.3) is 21.5 Å². The highest BCUT2D eigenvalue weighted by Gasteiger charge is 2.33. The monoisotopic (exact) mass is 438 g/mol. The second kappa shape index (κ2) is 8.04. The fourth-order valence-corrected chi connectivity index (χ4v) is 6.23. The number of morpholine rings is 1. The molecule has 3 aromatic rings. The Labute approximate surface area is 187 Å². The van der Waals surface area contributed by atoms with Gasteiger partial charge in [-0.15, -0.1) is 11.3 Å². The van der Waals surface area contributed by atoms with Crippen LogP contribution in [0.1, 0.15) is 46.4 Å². The maximum Gasteiger partial charge on any atom is 0.264 e. The minimum atomic E-state index is 0.145. The number of hydrogen-bond acceptors (Lipinski definition) is 5. The molecule has 0 spiro atoms. The molecular formula is C24H30N4O2S. The molecule has 0 unspecified atom stereocenters. The van der Waals surface area contributed by atoms with Crippen LogP contribution >= 0.6 is 11.3 Å². The van der Waals surface area contributed by atoms with Crippen molar-refractivity contribution in [1.82, 2.24) is 19.8 Å². The summed E-state index contributed by atoms with van der Waals surface area (Å²) in [5.74, 6) is 0.494. The summed E-state index contributed by atoms with van der Waals surface area (Å²) in [6, 6.07) is 6.63. The van der Waals surface area contributed by atoms with Gasteiger partial charge in [0.1, 0.15) is 0 Å². The number of nitrogens with one attached hydrogen (secondary N) is 1. The largest absolute Gasteiger partial charge is 0.378 e. The van der Waals surface area contributed by atoms with E-state index in [-0.39, 0.29) is 5.91 Å². The Morgan fingerprint density at radius 3 is 2.71 bits per heavy atom. The Morgan fingerprint density at radius 1 is 1.19 bits per heavy atom. The Kier molecular flexibility index (Phi) is 5.36. The van der Waals surface area contributed by atoms with Crippen molar-refractivity contribution in [3.63, 3.8) is 0 Å². The van der Waals surface area contributed by atoms with Crippen molar-refractivity contribution in [2.45, 2.75) is 39.7 Å². The number of carbonyl (C=O) groups excluding carboxylic acids is 1. The van der Waals surface area contributed by atoms with Crippen LogP contribution in [-0.2, 0) is 4.74 Å². The molecule has 6 nitrogen and oxygen atoms in total. The molecule has 2 aliphatic rings. The van der Waals surface area contributed by atoms with Gasteiger partial charge in [-0.2, -0.15) is 0 Å². The average molecular weight is 439 g/mol. The molecule has 31 heavy (non-hydrogen) atoms. The summed E-state index contributed by atoms with van der Waals surface area (Å²) in [5.41, 5.74) is 6.69. The third-order valence-corrected chi connectivity index (χ3v) is 7.55. The van der Waals surface area contributed by atoms with E-state index in [0.717, 1.165) is 66.9 Å². The molecule has 3 aromatic heterocycles. The molecule has 0 saturated carbocycles. The summed E-state index contributed by atoms with van der Waals surface area (Å²) >= 11 is 1.62. The van der Waals surface area contributed by atoms with Crippen molar-refractivity contribution in [3.05, 3.63) is 40.0 Å². The van der Waals surface area contributed by atoms with E-state index >= 15 is 0 Å². The predicted octanol–water partition coefficient (Wildman–Crippen LogP) is 4.19. The summed E-state index contributed by atoms with van der Waals surface area (Å²) in [6.45, 7) is 13.5. The number of carbonyl (C=O) groups is 1. The summed E-state index contributed by atoms with van der Waals surface area (Å²) in [6.07, 6.45) is 0. The zero-order chi connectivity index (χ0) is 21.7. The van der Waals surface area contributed by atoms with Crippen LogP contribution in [0.15, 0.2) is 18.2 Å². The van der Waals surface area contributed by atoms with Crippen molar-refractivity contribution < 1.29 is 9.53 Å². The minimum absolute atomic E-state index is 0.145. The number of pyridine rings is 1. The zero-order valence-corrected chi connectivity index (χ0v) is 19.5. The summed E-state index contributed by atoms with van der Waals surface area (Å²) in [5, 5.41) is 0. The molecule has 7 heteroatoms. The summed E-state index contributed by atoms with van der Waals surface area (Å²) in [7, 11) is 0. The smallest absolute Gasteiger partial charge is 0.264 e. The lowest BCUT2D eigenvalue weighted by Crippen LogP contribution is -2.59. The molecule has 2 fully saturated rings. The maximum absolute atomic E-state index is 13.3. The number of hydrogen-bond donors (Lipinski definition) is 1. The van der Waals surface area contributed by atoms with E-state index in [9.17, 15) is 4.79 Å². The lowest BCUT2D eigenvalue weighted by Gasteiger charge is -2.43. The maximum atomic E-state index is 13.3. The molecule has 5 heterocycles. The molecule has 0 aliphatic carbocycles. The van der Waals surface area contributed by atoms with E-state index in [0.29, 0.717) is 12.0 Å². The molecule has 1 atom stereocenters. The number of nitrogens with zero attached hydrogens (tertiary/aromatic N) is 3. The van der Waals surface area contributed by atoms with Crippen molar-refractivity contribution in [3.8, 4) is 11.3 Å². The first-order valence-corrected chi connectivity index (χ1v) is 11.9. The molecule has 1 amide bonds. The van der Waals surface area contributed by atoms with Gasteiger partial charge in [-0.05, 0) is 43.5 Å². The van der Waals surface area contributed by atoms with Crippen molar-refractivity contribution in [1.29, 1.82) is 0 Å². The van der Waals surface area contributed by atoms with Crippen LogP contribution in [0.2, 0.25) is 0 Å². The van der Waals surface area contributed by atoms with E-state index in [1.54, 1.807) is 11.3 Å². The lowest BCUT2D eigenvalue weighted by atomic mass is 9.99. The molecule has 0 aromatic carbocycles. The van der Waals surface area contributed by atoms with Crippen molar-refractivity contribution >= 4 is 27.5 Å². The number of aromatic amines is 1. The lowest BCUT2D eigenvalue weighted by molar-refractivity contribution is -0.0394. The fraction of sp³-hybridized carbons (Fsp3) is 0.500. The summed E-state index contributed by atoms with van der Waals surface area (Å²) < 4.78 is 6.83. The van der Waals surface area contributed by atoms with Gasteiger partial charge >= 0.3 is 0 Å². The third kappa shape index (κ3) is 3.79. The molecule has 2 saturated heterocycles. The summed E-state index contributed by atoms with van der Waals surface area (Å²) in [4.78, 5) is 26.7. The number of ether oxygens (including phenoxy) is 1. The molecular weight excluding hydrogens is 408 g/mol. The number of thiophene rings is 1. The first kappa shape index (κ1) is 20.7. The quantitative estimate of drug-likeness (QED) is 0.666. The number of H-pyrrole nitrogens is 1. The Morgan fingerprint density at radius 2 is 1.97 bits per heavy atom. The first-order chi connectivity index (χ1) is 14.9. The van der Waals surface area contributed by atoms with Crippen molar-refractivity contribution in [2.24, 2.45) is 0 Å². The van der Waals surface area contributed by atoms with E-state index in [2.05, 4.69) is 40.8 Å². The molecule has 2 aliphatic heterocycles. The van der Waals surface area contributed by atoms with Gasteiger partial charge in [0.15, 0.2) is 0 Å². The van der Waals surface area contributed by atoms with Crippen LogP contribution in [0, 0.1) is 13.8 Å². The Bertz CT molecular complexity index is 1110. The SMILES string of the molecule is Cc1cc(-c2[nH]c3cc(C(=O)N4CCN5CCOC[C@H]5C4)sc3c2C(C)C)cc(C)n1. The van der Waals surface area contributed by atoms with Gasteiger partial charge in [0, 0.05) is 43.1 Å². The van der Waals surface area contributed by atoms with Crippen LogP contribution < -0.4 is 0 Å². The Balaban J connectivity index is 1.47. The van der Waals surface area contributed by atoms with Gasteiger partial charge < -0.3 is 14.6 Å². The van der Waals surface area contributed by atoms with Crippen LogP contribution in [0.5, 0.6) is 0 Å². The number of aromatic nitrogens is 2. The van der Waals surface area contributed by atoms with Crippen LogP contribution in [0.3, 0.4) is 0 Å². The van der Waals surface area contributed by atoms with E-state index < -0.39 is 0 Å². The fourth-order valence-electron chi connectivity index (χ4n) is 4.95. The van der Waals surface area contributed by atoms with Crippen molar-refractivity contribution in [2.75, 3.05) is 39.4 Å². The Hall–Kier alpha value is -2.22. The third-order valence-electron chi connectivity index (χ3n) is 6.39. The first-order valence-electron chi connectivity index (χ1n) is 11.1. The van der Waals surface area contributed by atoms with Gasteiger partial charge in [-0.1, -0.05) is 13.8 Å². The molecule has 0 bridgehead atoms. The molecule has 164 valence electrons. The highest BCUT2D eigenvalue weighted by molar-refractivity contribution is 7.21. The number of rotatable bonds is 3. The highest BCUT2D eigenvalue weighted by atomic mass is 32.1. The number of amides is 1. The predicted molar refractivity (Wildman–Crippen MR) is 125 cm³/mol. The van der Waals surface area contributed by atoms with Crippen LogP contribution in [0.4, 0.5) is 0 Å². The van der Waals surface area contributed by atoms with Gasteiger partial charge in [0.25, 0.3) is 5.91 Å². The highest BCUT2D eigenvalue weighted by Crippen LogP contribution is 2.40. The normalized spacial score (nSPS) is 19.9. The second-order valence-electron chi connectivity index (χ2n) is 9.08. The number of piperazine rings is 1. The van der Waals surface area contributed by atoms with E-state index in [1.165, 1.54) is 15.8 Å². The average Bonchev–Trinajstić information content (AvgIpc) is 3.30. The van der Waals surface area contributed by atoms with Gasteiger partial charge in [-0.25, -0.2) is 0 Å². The minimum Gasteiger partial charge on any atom is -0.378 e. The van der Waals surface area contributed by atoms with E-state index in [4.69, 9.17) is 4.74 Å². The number of fused-ring (bicyclic) bond motifs is 2. The number of aryl methyl sites for hydroxylation is 2. The molecule has 1 N–H and O–H groups in total. The zero-order valence-electron chi connectivity index (χ0n) is 18.7. The van der Waals surface area contributed by atoms with E-state index in [1.807, 2.05) is 24.8 Å². The second-order valence-corrected chi connectivity index (χ2v) is 10.1. The van der Waals surface area contributed by atoms with Gasteiger partial charge in [-0.3, -0.25) is 14.7 Å². The standard InChI is InChI=1S/C24H30N4O2S/c1-14(2)21-22(17-9-15(3)25-16(4)10-17)26-19-11-20(31-23(19)21)24(29)28-6-5-27-7-8-30-13-18(27)12-28/h9-11,14,18,26H,5-8,12-13H2,1-4H3/t18-/m1/s1. The van der Waals surface area contributed by atoms with Gasteiger partial charge in [0.2, 0.25) is 0 Å². The van der Waals surface area contributed by atoms with Crippen LogP contribution in [-0.4, -0.2) is 71.1 Å². The molecule has 5 rings (SSSR count). The van der Waals surface area contributed by atoms with Gasteiger partial charge in [0.05, 0.1) is 40.0 Å². The topological polar surface area (TPSA) is 61.5 Å². The molecule has 0 radical (unpaired) electrons.